The summed E-state index contributed by atoms with van der Waals surface area (Å²) in [5.41, 5.74) is 0.881. The molecule has 0 aromatic carbocycles. The van der Waals surface area contributed by atoms with Crippen molar-refractivity contribution >= 4 is 23.2 Å². The van der Waals surface area contributed by atoms with Gasteiger partial charge in [-0.1, -0.05) is 0 Å². The van der Waals surface area contributed by atoms with E-state index in [0.29, 0.717) is 37.6 Å². The summed E-state index contributed by atoms with van der Waals surface area (Å²) in [6, 6.07) is 1.89. The van der Waals surface area contributed by atoms with Crippen LogP contribution in [0, 0.1) is 0 Å². The lowest BCUT2D eigenvalue weighted by Crippen LogP contribution is -2.24. The van der Waals surface area contributed by atoms with Gasteiger partial charge in [-0.05, 0) is 24.3 Å². The van der Waals surface area contributed by atoms with Gasteiger partial charge in [-0.15, -0.1) is 10.2 Å². The number of carboxylic acid groups (broad SMARTS) is 1. The minimum Gasteiger partial charge on any atom is -0.481 e. The number of aromatic nitrogens is 2. The van der Waals surface area contributed by atoms with E-state index in [9.17, 15) is 9.59 Å². The Labute approximate surface area is 131 Å². The van der Waals surface area contributed by atoms with E-state index < -0.39 is 5.97 Å². The quantitative estimate of drug-likeness (QED) is 0.685. The lowest BCUT2D eigenvalue weighted by Gasteiger charge is -2.03. The van der Waals surface area contributed by atoms with Crippen molar-refractivity contribution in [1.29, 1.82) is 0 Å². The molecule has 0 radical (unpaired) electrons. The summed E-state index contributed by atoms with van der Waals surface area (Å²) in [7, 11) is 0. The number of hydrogen-bond donors (Lipinski definition) is 2. The third-order valence-corrected chi connectivity index (χ3v) is 3.62. The molecular formula is C14H17N3O4S. The van der Waals surface area contributed by atoms with Crippen LogP contribution in [0.15, 0.2) is 21.2 Å². The molecule has 0 bridgehead atoms. The Morgan fingerprint density at radius 3 is 2.86 bits per heavy atom. The number of carboxylic acids is 1. The molecule has 0 aliphatic heterocycles. The first-order valence-electron chi connectivity index (χ1n) is 6.98. The van der Waals surface area contributed by atoms with Crippen molar-refractivity contribution < 1.29 is 19.1 Å². The van der Waals surface area contributed by atoms with E-state index >= 15 is 0 Å². The van der Waals surface area contributed by atoms with E-state index in [4.69, 9.17) is 9.52 Å². The van der Waals surface area contributed by atoms with Crippen molar-refractivity contribution in [2.24, 2.45) is 0 Å². The molecule has 2 aromatic heterocycles. The Kier molecular flexibility index (Phi) is 6.08. The zero-order valence-electron chi connectivity index (χ0n) is 11.9. The van der Waals surface area contributed by atoms with E-state index in [-0.39, 0.29) is 18.7 Å². The number of thiophene rings is 1. The number of aliphatic carboxylic acids is 1. The zero-order chi connectivity index (χ0) is 15.8. The van der Waals surface area contributed by atoms with Gasteiger partial charge in [0.25, 0.3) is 0 Å². The number of unbranched alkanes of at least 4 members (excludes halogenated alkanes) is 1. The molecule has 0 saturated heterocycles. The van der Waals surface area contributed by atoms with Gasteiger partial charge in [-0.3, -0.25) is 9.59 Å². The fourth-order valence-electron chi connectivity index (χ4n) is 1.80. The van der Waals surface area contributed by atoms with Crippen LogP contribution in [0.2, 0.25) is 0 Å². The van der Waals surface area contributed by atoms with Gasteiger partial charge in [-0.25, -0.2) is 0 Å². The largest absolute Gasteiger partial charge is 0.481 e. The predicted octanol–water partition coefficient (Wildman–Crippen LogP) is 2.10. The normalized spacial score (nSPS) is 10.5. The summed E-state index contributed by atoms with van der Waals surface area (Å²) in [6.45, 7) is 0.482. The highest BCUT2D eigenvalue weighted by molar-refractivity contribution is 7.08. The number of nitrogens with one attached hydrogen (secondary N) is 1. The lowest BCUT2D eigenvalue weighted by atomic mass is 10.2. The Bertz CT molecular complexity index is 609. The second-order valence-electron chi connectivity index (χ2n) is 4.71. The van der Waals surface area contributed by atoms with Gasteiger partial charge in [0.2, 0.25) is 17.7 Å². The van der Waals surface area contributed by atoms with Gasteiger partial charge in [0.1, 0.15) is 0 Å². The van der Waals surface area contributed by atoms with Crippen molar-refractivity contribution in [3.8, 4) is 11.5 Å². The first-order chi connectivity index (χ1) is 10.6. The molecule has 0 aliphatic carbocycles. The SMILES string of the molecule is O=C(O)CCCCNC(=O)CCc1nnc(-c2ccsc2)o1. The number of aryl methyl sites for hydroxylation is 1. The van der Waals surface area contributed by atoms with Crippen LogP contribution in [-0.2, 0) is 16.0 Å². The highest BCUT2D eigenvalue weighted by Gasteiger charge is 2.10. The maximum absolute atomic E-state index is 11.6. The van der Waals surface area contributed by atoms with Crippen LogP contribution in [0.3, 0.4) is 0 Å². The minimum absolute atomic E-state index is 0.106. The van der Waals surface area contributed by atoms with E-state index in [1.165, 1.54) is 0 Å². The number of carbonyl (C=O) groups excluding carboxylic acids is 1. The summed E-state index contributed by atoms with van der Waals surface area (Å²) in [5.74, 6) is -0.0256. The molecule has 2 aromatic rings. The molecule has 0 aliphatic rings. The highest BCUT2D eigenvalue weighted by Crippen LogP contribution is 2.20. The smallest absolute Gasteiger partial charge is 0.303 e. The summed E-state index contributed by atoms with van der Waals surface area (Å²) < 4.78 is 5.49. The van der Waals surface area contributed by atoms with Gasteiger partial charge >= 0.3 is 5.97 Å². The van der Waals surface area contributed by atoms with Crippen LogP contribution in [0.4, 0.5) is 0 Å². The second kappa shape index (κ2) is 8.28. The summed E-state index contributed by atoms with van der Waals surface area (Å²) >= 11 is 1.55. The van der Waals surface area contributed by atoms with Gasteiger partial charge < -0.3 is 14.8 Å². The maximum Gasteiger partial charge on any atom is 0.303 e. The predicted molar refractivity (Wildman–Crippen MR) is 80.4 cm³/mol. The molecule has 7 nitrogen and oxygen atoms in total. The number of nitrogens with zero attached hydrogens (tertiary/aromatic N) is 2. The number of amides is 1. The van der Waals surface area contributed by atoms with Crippen molar-refractivity contribution in [2.75, 3.05) is 6.54 Å². The van der Waals surface area contributed by atoms with E-state index in [2.05, 4.69) is 15.5 Å². The number of carbonyl (C=O) groups is 2. The van der Waals surface area contributed by atoms with Gasteiger partial charge in [0.15, 0.2) is 0 Å². The maximum atomic E-state index is 11.6. The first-order valence-corrected chi connectivity index (χ1v) is 7.93. The number of hydrogen-bond acceptors (Lipinski definition) is 6. The van der Waals surface area contributed by atoms with Gasteiger partial charge in [-0.2, -0.15) is 11.3 Å². The Morgan fingerprint density at radius 2 is 2.14 bits per heavy atom. The average Bonchev–Trinajstić information content (AvgIpc) is 3.15. The Morgan fingerprint density at radius 1 is 1.27 bits per heavy atom. The van der Waals surface area contributed by atoms with Gasteiger partial charge in [0.05, 0.1) is 0 Å². The van der Waals surface area contributed by atoms with Crippen LogP contribution in [0.5, 0.6) is 0 Å². The standard InChI is InChI=1S/C14H17N3O4S/c18-11(15-7-2-1-3-13(19)20)4-5-12-16-17-14(21-12)10-6-8-22-9-10/h6,8-9H,1-5,7H2,(H,15,18)(H,19,20). The van der Waals surface area contributed by atoms with Gasteiger partial charge in [0, 0.05) is 36.8 Å². The summed E-state index contributed by atoms with van der Waals surface area (Å²) in [6.07, 6.45) is 2.00. The summed E-state index contributed by atoms with van der Waals surface area (Å²) in [5, 5.41) is 22.9. The van der Waals surface area contributed by atoms with Crippen LogP contribution in [-0.4, -0.2) is 33.7 Å². The molecule has 118 valence electrons. The second-order valence-corrected chi connectivity index (χ2v) is 5.49. The molecule has 0 fully saturated rings. The molecule has 0 spiro atoms. The summed E-state index contributed by atoms with van der Waals surface area (Å²) in [4.78, 5) is 22.0. The van der Waals surface area contributed by atoms with Crippen LogP contribution >= 0.6 is 11.3 Å². The topological polar surface area (TPSA) is 105 Å². The lowest BCUT2D eigenvalue weighted by molar-refractivity contribution is -0.137. The molecule has 0 unspecified atom stereocenters. The van der Waals surface area contributed by atoms with E-state index in [0.717, 1.165) is 5.56 Å². The van der Waals surface area contributed by atoms with Crippen molar-refractivity contribution in [3.63, 3.8) is 0 Å². The molecule has 2 heterocycles. The van der Waals surface area contributed by atoms with Crippen molar-refractivity contribution in [2.45, 2.75) is 32.1 Å². The van der Waals surface area contributed by atoms with Crippen LogP contribution in [0.25, 0.3) is 11.5 Å². The molecule has 2 N–H and O–H groups in total. The number of rotatable bonds is 9. The molecule has 2 rings (SSSR count). The van der Waals surface area contributed by atoms with Crippen LogP contribution in [0.1, 0.15) is 31.6 Å². The molecule has 1 amide bonds. The van der Waals surface area contributed by atoms with Crippen molar-refractivity contribution in [1.82, 2.24) is 15.5 Å². The first kappa shape index (κ1) is 16.2. The highest BCUT2D eigenvalue weighted by atomic mass is 32.1. The fraction of sp³-hybridized carbons (Fsp3) is 0.429. The van der Waals surface area contributed by atoms with E-state index in [1.807, 2.05) is 16.8 Å². The fourth-order valence-corrected chi connectivity index (χ4v) is 2.43. The Balaban J connectivity index is 1.65. The third-order valence-electron chi connectivity index (χ3n) is 2.94. The van der Waals surface area contributed by atoms with E-state index in [1.54, 1.807) is 11.3 Å². The third kappa shape index (κ3) is 5.28. The monoisotopic (exact) mass is 323 g/mol. The molecular weight excluding hydrogens is 306 g/mol. The molecule has 8 heteroatoms. The molecule has 22 heavy (non-hydrogen) atoms. The molecule has 0 atom stereocenters. The average molecular weight is 323 g/mol. The minimum atomic E-state index is -0.816. The van der Waals surface area contributed by atoms with Crippen molar-refractivity contribution in [3.05, 3.63) is 22.7 Å². The van der Waals surface area contributed by atoms with Crippen LogP contribution < -0.4 is 5.32 Å². The Hall–Kier alpha value is -2.22. The zero-order valence-corrected chi connectivity index (χ0v) is 12.8. The molecule has 0 saturated carbocycles.